The third-order valence-electron chi connectivity index (χ3n) is 2.07. The zero-order valence-corrected chi connectivity index (χ0v) is 10.7. The van der Waals surface area contributed by atoms with E-state index >= 15 is 0 Å². The van der Waals surface area contributed by atoms with Gasteiger partial charge in [-0.3, -0.25) is 9.59 Å². The zero-order valence-electron chi connectivity index (χ0n) is 9.95. The molecule has 0 bridgehead atoms. The van der Waals surface area contributed by atoms with E-state index in [1.807, 2.05) is 0 Å². The number of hydrogen-bond acceptors (Lipinski definition) is 4. The number of carbonyl (C=O) groups excluding carboxylic acids is 3. The Morgan fingerprint density at radius 2 is 2.00 bits per heavy atom. The molecule has 0 unspecified atom stereocenters. The second-order valence-electron chi connectivity index (χ2n) is 3.61. The number of ether oxygens (including phenoxy) is 1. The Morgan fingerprint density at radius 3 is 2.56 bits per heavy atom. The molecule has 18 heavy (non-hydrogen) atoms. The van der Waals surface area contributed by atoms with Crippen molar-refractivity contribution in [2.45, 2.75) is 13.3 Å². The molecule has 0 aromatic heterocycles. The first-order valence-corrected chi connectivity index (χ1v) is 5.49. The van der Waals surface area contributed by atoms with Crippen LogP contribution in [0.1, 0.15) is 23.7 Å². The van der Waals surface area contributed by atoms with Crippen molar-refractivity contribution in [1.82, 2.24) is 0 Å². The maximum atomic E-state index is 11.4. The van der Waals surface area contributed by atoms with E-state index in [1.165, 1.54) is 32.2 Å². The molecular formula is C12H12ClNO4. The minimum atomic E-state index is -0.534. The Balaban J connectivity index is 2.91. The summed E-state index contributed by atoms with van der Waals surface area (Å²) in [4.78, 5) is 33.5. The standard InChI is InChI=1S/C12H12ClNO4/c1-7(15)5-11(16)14-10-6-8(12(17)18-2)3-4-9(10)13/h3-4,6H,5H2,1-2H3,(H,14,16). The van der Waals surface area contributed by atoms with E-state index in [0.717, 1.165) is 0 Å². The highest BCUT2D eigenvalue weighted by Crippen LogP contribution is 2.23. The van der Waals surface area contributed by atoms with Crippen molar-refractivity contribution in [3.63, 3.8) is 0 Å². The number of nitrogens with one attached hydrogen (secondary N) is 1. The Morgan fingerprint density at radius 1 is 1.33 bits per heavy atom. The van der Waals surface area contributed by atoms with Crippen LogP contribution < -0.4 is 5.32 Å². The van der Waals surface area contributed by atoms with E-state index in [1.54, 1.807) is 0 Å². The van der Waals surface area contributed by atoms with Crippen LogP contribution >= 0.6 is 11.6 Å². The molecule has 0 aliphatic heterocycles. The minimum Gasteiger partial charge on any atom is -0.465 e. The van der Waals surface area contributed by atoms with E-state index in [4.69, 9.17) is 11.6 Å². The smallest absolute Gasteiger partial charge is 0.337 e. The molecular weight excluding hydrogens is 258 g/mol. The van der Waals surface area contributed by atoms with E-state index in [-0.39, 0.29) is 28.5 Å². The summed E-state index contributed by atoms with van der Waals surface area (Å²) in [6.45, 7) is 1.31. The summed E-state index contributed by atoms with van der Waals surface area (Å²) in [5, 5.41) is 2.74. The highest BCUT2D eigenvalue weighted by molar-refractivity contribution is 6.34. The molecule has 0 saturated heterocycles. The molecule has 1 N–H and O–H groups in total. The van der Waals surface area contributed by atoms with Gasteiger partial charge in [0.25, 0.3) is 0 Å². The molecule has 0 saturated carbocycles. The number of esters is 1. The Labute approximate surface area is 109 Å². The molecule has 1 aromatic carbocycles. The van der Waals surface area contributed by atoms with Crippen molar-refractivity contribution >= 4 is 34.9 Å². The quantitative estimate of drug-likeness (QED) is 0.671. The van der Waals surface area contributed by atoms with Crippen molar-refractivity contribution in [3.05, 3.63) is 28.8 Å². The van der Waals surface area contributed by atoms with E-state index < -0.39 is 11.9 Å². The molecule has 0 fully saturated rings. The number of halogens is 1. The monoisotopic (exact) mass is 269 g/mol. The number of methoxy groups -OCH3 is 1. The van der Waals surface area contributed by atoms with Gasteiger partial charge in [0.15, 0.2) is 0 Å². The molecule has 6 heteroatoms. The average molecular weight is 270 g/mol. The summed E-state index contributed by atoms with van der Waals surface area (Å²) >= 11 is 5.87. The van der Waals surface area contributed by atoms with Crippen molar-refractivity contribution in [2.75, 3.05) is 12.4 Å². The molecule has 0 atom stereocenters. The average Bonchev–Trinajstić information content (AvgIpc) is 2.30. The summed E-state index contributed by atoms with van der Waals surface area (Å²) in [6.07, 6.45) is -0.237. The van der Waals surface area contributed by atoms with Crippen LogP contribution in [-0.4, -0.2) is 24.8 Å². The first kappa shape index (κ1) is 14.2. The zero-order chi connectivity index (χ0) is 13.7. The van der Waals surface area contributed by atoms with E-state index in [2.05, 4.69) is 10.1 Å². The van der Waals surface area contributed by atoms with Crippen LogP contribution in [0.25, 0.3) is 0 Å². The second kappa shape index (κ2) is 6.16. The van der Waals surface area contributed by atoms with Gasteiger partial charge in [0.2, 0.25) is 5.91 Å². The number of amides is 1. The first-order chi connectivity index (χ1) is 8.43. The summed E-state index contributed by atoms with van der Waals surface area (Å²) in [7, 11) is 1.25. The van der Waals surface area contributed by atoms with Gasteiger partial charge in [-0.15, -0.1) is 0 Å². The first-order valence-electron chi connectivity index (χ1n) is 5.11. The lowest BCUT2D eigenvalue weighted by Crippen LogP contribution is -2.15. The normalized spacial score (nSPS) is 9.72. The molecule has 0 aliphatic rings. The third kappa shape index (κ3) is 3.85. The van der Waals surface area contributed by atoms with Gasteiger partial charge in [-0.1, -0.05) is 11.6 Å². The minimum absolute atomic E-state index is 0.237. The molecule has 1 amide bonds. The molecule has 0 spiro atoms. The van der Waals surface area contributed by atoms with Gasteiger partial charge < -0.3 is 10.1 Å². The summed E-state index contributed by atoms with van der Waals surface area (Å²) < 4.78 is 4.55. The fourth-order valence-corrected chi connectivity index (χ4v) is 1.45. The van der Waals surface area contributed by atoms with Crippen molar-refractivity contribution in [3.8, 4) is 0 Å². The molecule has 96 valence electrons. The van der Waals surface area contributed by atoms with Crippen LogP contribution in [0.3, 0.4) is 0 Å². The van der Waals surface area contributed by atoms with E-state index in [9.17, 15) is 14.4 Å². The highest BCUT2D eigenvalue weighted by Gasteiger charge is 2.12. The largest absolute Gasteiger partial charge is 0.465 e. The number of anilines is 1. The summed E-state index contributed by atoms with van der Waals surface area (Å²) in [6, 6.07) is 4.35. The number of rotatable bonds is 4. The number of benzene rings is 1. The number of carbonyl (C=O) groups is 3. The topological polar surface area (TPSA) is 72.5 Å². The van der Waals surface area contributed by atoms with Gasteiger partial charge in [0.1, 0.15) is 5.78 Å². The number of hydrogen-bond donors (Lipinski definition) is 1. The maximum absolute atomic E-state index is 11.4. The van der Waals surface area contributed by atoms with Crippen LogP contribution in [0.4, 0.5) is 5.69 Å². The van der Waals surface area contributed by atoms with Gasteiger partial charge in [-0.25, -0.2) is 4.79 Å². The molecule has 5 nitrogen and oxygen atoms in total. The van der Waals surface area contributed by atoms with Gasteiger partial charge in [-0.2, -0.15) is 0 Å². The number of Topliss-reactive ketones (excluding diaryl/α,β-unsaturated/α-hetero) is 1. The lowest BCUT2D eigenvalue weighted by molar-refractivity contribution is -0.124. The van der Waals surface area contributed by atoms with Crippen molar-refractivity contribution in [2.24, 2.45) is 0 Å². The van der Waals surface area contributed by atoms with E-state index in [0.29, 0.717) is 0 Å². The van der Waals surface area contributed by atoms with Gasteiger partial charge in [0.05, 0.1) is 29.8 Å². The molecule has 1 aromatic rings. The van der Waals surface area contributed by atoms with Crippen LogP contribution in [0.2, 0.25) is 5.02 Å². The predicted molar refractivity (Wildman–Crippen MR) is 66.7 cm³/mol. The second-order valence-corrected chi connectivity index (χ2v) is 4.02. The van der Waals surface area contributed by atoms with Crippen LogP contribution in [0.5, 0.6) is 0 Å². The highest BCUT2D eigenvalue weighted by atomic mass is 35.5. The van der Waals surface area contributed by atoms with Crippen LogP contribution in [0.15, 0.2) is 18.2 Å². The molecule has 0 aliphatic carbocycles. The molecule has 0 heterocycles. The third-order valence-corrected chi connectivity index (χ3v) is 2.40. The SMILES string of the molecule is COC(=O)c1ccc(Cl)c(NC(=O)CC(C)=O)c1. The number of ketones is 1. The van der Waals surface area contributed by atoms with Gasteiger partial charge >= 0.3 is 5.97 Å². The maximum Gasteiger partial charge on any atom is 0.337 e. The van der Waals surface area contributed by atoms with Crippen molar-refractivity contribution in [1.29, 1.82) is 0 Å². The fraction of sp³-hybridized carbons (Fsp3) is 0.250. The Hall–Kier alpha value is -1.88. The summed E-state index contributed by atoms with van der Waals surface area (Å²) in [5.41, 5.74) is 0.533. The Kier molecular flexibility index (Phi) is 4.85. The van der Waals surface area contributed by atoms with Gasteiger partial charge in [-0.05, 0) is 25.1 Å². The summed E-state index contributed by atoms with van der Waals surface area (Å²) in [5.74, 6) is -1.27. The van der Waals surface area contributed by atoms with Crippen LogP contribution in [0, 0.1) is 0 Å². The van der Waals surface area contributed by atoms with Crippen molar-refractivity contribution < 1.29 is 19.1 Å². The molecule has 1 rings (SSSR count). The Bertz CT molecular complexity index is 499. The lowest BCUT2D eigenvalue weighted by atomic mass is 10.2. The molecule has 0 radical (unpaired) electrons. The fourth-order valence-electron chi connectivity index (χ4n) is 1.29. The van der Waals surface area contributed by atoms with Gasteiger partial charge in [0, 0.05) is 0 Å². The van der Waals surface area contributed by atoms with Crippen LogP contribution in [-0.2, 0) is 14.3 Å². The lowest BCUT2D eigenvalue weighted by Gasteiger charge is -2.08. The predicted octanol–water partition coefficient (Wildman–Crippen LogP) is 2.04.